The van der Waals surface area contributed by atoms with Gasteiger partial charge in [0.2, 0.25) is 0 Å². The SMILES string of the molecule is CCCc1nc(NC)cc(N(CC)CCOC)n1. The van der Waals surface area contributed by atoms with Crippen molar-refractivity contribution in [1.82, 2.24) is 9.97 Å². The Balaban J connectivity index is 2.93. The number of likely N-dealkylation sites (N-methyl/N-ethyl adjacent to an activating group) is 1. The van der Waals surface area contributed by atoms with E-state index >= 15 is 0 Å². The fourth-order valence-corrected chi connectivity index (χ4v) is 1.74. The summed E-state index contributed by atoms with van der Waals surface area (Å²) in [5.41, 5.74) is 0. The van der Waals surface area contributed by atoms with Crippen LogP contribution < -0.4 is 10.2 Å². The predicted octanol–water partition coefficient (Wildman–Crippen LogP) is 1.94. The molecule has 0 saturated heterocycles. The van der Waals surface area contributed by atoms with Gasteiger partial charge in [-0.25, -0.2) is 9.97 Å². The molecule has 1 aromatic heterocycles. The minimum absolute atomic E-state index is 0.704. The van der Waals surface area contributed by atoms with Crippen LogP contribution in [0.15, 0.2) is 6.07 Å². The van der Waals surface area contributed by atoms with E-state index in [2.05, 4.69) is 34.0 Å². The summed E-state index contributed by atoms with van der Waals surface area (Å²) in [4.78, 5) is 11.3. The topological polar surface area (TPSA) is 50.3 Å². The summed E-state index contributed by atoms with van der Waals surface area (Å²) in [7, 11) is 3.60. The molecule has 5 nitrogen and oxygen atoms in total. The van der Waals surface area contributed by atoms with Crippen molar-refractivity contribution >= 4 is 11.6 Å². The Hall–Kier alpha value is -1.36. The smallest absolute Gasteiger partial charge is 0.134 e. The van der Waals surface area contributed by atoms with Crippen molar-refractivity contribution in [3.63, 3.8) is 0 Å². The molecule has 0 aliphatic carbocycles. The molecular weight excluding hydrogens is 228 g/mol. The lowest BCUT2D eigenvalue weighted by molar-refractivity contribution is 0.205. The highest BCUT2D eigenvalue weighted by Gasteiger charge is 2.09. The second-order valence-corrected chi connectivity index (χ2v) is 4.10. The first-order valence-electron chi connectivity index (χ1n) is 6.54. The average Bonchev–Trinajstić information content (AvgIpc) is 2.39. The summed E-state index contributed by atoms with van der Waals surface area (Å²) in [6.07, 6.45) is 1.96. The Morgan fingerprint density at radius 2 is 2.11 bits per heavy atom. The van der Waals surface area contributed by atoms with Gasteiger partial charge < -0.3 is 15.0 Å². The number of hydrogen-bond donors (Lipinski definition) is 1. The normalized spacial score (nSPS) is 10.4. The number of anilines is 2. The number of methoxy groups -OCH3 is 1. The van der Waals surface area contributed by atoms with E-state index in [0.717, 1.165) is 43.4 Å². The second-order valence-electron chi connectivity index (χ2n) is 4.10. The van der Waals surface area contributed by atoms with Crippen LogP contribution in [0, 0.1) is 0 Å². The van der Waals surface area contributed by atoms with Crippen LogP contribution in [0.25, 0.3) is 0 Å². The van der Waals surface area contributed by atoms with E-state index in [0.29, 0.717) is 6.61 Å². The quantitative estimate of drug-likeness (QED) is 0.766. The largest absolute Gasteiger partial charge is 0.383 e. The first kappa shape index (κ1) is 14.7. The summed E-state index contributed by atoms with van der Waals surface area (Å²) in [5.74, 6) is 2.74. The van der Waals surface area contributed by atoms with Crippen molar-refractivity contribution in [3.05, 3.63) is 11.9 Å². The van der Waals surface area contributed by atoms with Gasteiger partial charge in [-0.05, 0) is 13.3 Å². The Kier molecular flexibility index (Phi) is 6.43. The van der Waals surface area contributed by atoms with Crippen LogP contribution in [0.3, 0.4) is 0 Å². The lowest BCUT2D eigenvalue weighted by Gasteiger charge is -2.22. The number of hydrogen-bond acceptors (Lipinski definition) is 5. The third-order valence-corrected chi connectivity index (χ3v) is 2.76. The zero-order valence-electron chi connectivity index (χ0n) is 11.9. The molecule has 0 saturated carbocycles. The molecule has 0 fully saturated rings. The average molecular weight is 252 g/mol. The van der Waals surface area contributed by atoms with E-state index in [1.54, 1.807) is 7.11 Å². The Morgan fingerprint density at radius 3 is 2.67 bits per heavy atom. The molecule has 0 amide bonds. The van der Waals surface area contributed by atoms with Gasteiger partial charge in [-0.15, -0.1) is 0 Å². The molecule has 1 aromatic rings. The van der Waals surface area contributed by atoms with Crippen molar-refractivity contribution < 1.29 is 4.74 Å². The van der Waals surface area contributed by atoms with Crippen LogP contribution >= 0.6 is 0 Å². The van der Waals surface area contributed by atoms with Gasteiger partial charge in [0.05, 0.1) is 6.61 Å². The maximum atomic E-state index is 5.13. The highest BCUT2D eigenvalue weighted by Crippen LogP contribution is 2.16. The number of nitrogens with one attached hydrogen (secondary N) is 1. The molecule has 0 aromatic carbocycles. The van der Waals surface area contributed by atoms with Crippen LogP contribution in [0.2, 0.25) is 0 Å². The summed E-state index contributed by atoms with van der Waals surface area (Å²) in [6.45, 7) is 6.72. The predicted molar refractivity (Wildman–Crippen MR) is 75.3 cm³/mol. The molecule has 1 heterocycles. The number of rotatable bonds is 8. The van der Waals surface area contributed by atoms with Crippen LogP contribution in [0.4, 0.5) is 11.6 Å². The molecule has 1 N–H and O–H groups in total. The van der Waals surface area contributed by atoms with E-state index in [1.807, 2.05) is 13.1 Å². The van der Waals surface area contributed by atoms with Crippen molar-refractivity contribution in [1.29, 1.82) is 0 Å². The van der Waals surface area contributed by atoms with Gasteiger partial charge in [-0.1, -0.05) is 6.92 Å². The molecule has 0 radical (unpaired) electrons. The fraction of sp³-hybridized carbons (Fsp3) is 0.692. The number of aromatic nitrogens is 2. The van der Waals surface area contributed by atoms with Crippen LogP contribution in [0.1, 0.15) is 26.1 Å². The second kappa shape index (κ2) is 7.87. The first-order valence-corrected chi connectivity index (χ1v) is 6.54. The van der Waals surface area contributed by atoms with E-state index in [4.69, 9.17) is 4.74 Å². The lowest BCUT2D eigenvalue weighted by Crippen LogP contribution is -2.28. The van der Waals surface area contributed by atoms with Gasteiger partial charge >= 0.3 is 0 Å². The molecule has 5 heteroatoms. The van der Waals surface area contributed by atoms with Crippen LogP contribution in [-0.2, 0) is 11.2 Å². The van der Waals surface area contributed by atoms with E-state index in [1.165, 1.54) is 0 Å². The number of ether oxygens (including phenoxy) is 1. The Bertz CT molecular complexity index is 357. The minimum Gasteiger partial charge on any atom is -0.383 e. The third kappa shape index (κ3) is 4.14. The lowest BCUT2D eigenvalue weighted by atomic mass is 10.3. The maximum absolute atomic E-state index is 5.13. The fourth-order valence-electron chi connectivity index (χ4n) is 1.74. The van der Waals surface area contributed by atoms with Gasteiger partial charge in [0.25, 0.3) is 0 Å². The molecule has 0 aliphatic rings. The number of aryl methyl sites for hydroxylation is 1. The highest BCUT2D eigenvalue weighted by atomic mass is 16.5. The molecule has 18 heavy (non-hydrogen) atoms. The minimum atomic E-state index is 0.704. The zero-order chi connectivity index (χ0) is 13.4. The van der Waals surface area contributed by atoms with Crippen molar-refractivity contribution in [2.75, 3.05) is 44.1 Å². The zero-order valence-corrected chi connectivity index (χ0v) is 11.9. The molecule has 0 atom stereocenters. The van der Waals surface area contributed by atoms with Crippen LogP contribution in [-0.4, -0.2) is 43.8 Å². The molecule has 0 bridgehead atoms. The monoisotopic (exact) mass is 252 g/mol. The molecule has 102 valence electrons. The van der Waals surface area contributed by atoms with E-state index < -0.39 is 0 Å². The Morgan fingerprint density at radius 1 is 1.33 bits per heavy atom. The van der Waals surface area contributed by atoms with Gasteiger partial charge in [0.1, 0.15) is 17.5 Å². The summed E-state index contributed by atoms with van der Waals surface area (Å²) in [6, 6.07) is 1.98. The van der Waals surface area contributed by atoms with Gasteiger partial charge in [-0.3, -0.25) is 0 Å². The highest BCUT2D eigenvalue weighted by molar-refractivity contribution is 5.49. The summed E-state index contributed by atoms with van der Waals surface area (Å²) < 4.78 is 5.13. The van der Waals surface area contributed by atoms with E-state index in [-0.39, 0.29) is 0 Å². The van der Waals surface area contributed by atoms with E-state index in [9.17, 15) is 0 Å². The molecule has 0 spiro atoms. The van der Waals surface area contributed by atoms with Gasteiger partial charge in [-0.2, -0.15) is 0 Å². The standard InChI is InChI=1S/C13H24N4O/c1-5-7-11-15-12(14-3)10-13(16-11)17(6-2)8-9-18-4/h10H,5-9H2,1-4H3,(H,14,15,16). The summed E-state index contributed by atoms with van der Waals surface area (Å²) in [5, 5.41) is 3.09. The molecule has 0 aliphatic heterocycles. The third-order valence-electron chi connectivity index (χ3n) is 2.76. The van der Waals surface area contributed by atoms with Crippen molar-refractivity contribution in [2.45, 2.75) is 26.7 Å². The first-order chi connectivity index (χ1) is 8.74. The number of nitrogens with zero attached hydrogens (tertiary/aromatic N) is 3. The molecule has 1 rings (SSSR count). The van der Waals surface area contributed by atoms with Crippen molar-refractivity contribution in [2.24, 2.45) is 0 Å². The van der Waals surface area contributed by atoms with Gasteiger partial charge in [0.15, 0.2) is 0 Å². The molecular formula is C13H24N4O. The Labute approximate surface area is 110 Å². The van der Waals surface area contributed by atoms with Crippen LogP contribution in [0.5, 0.6) is 0 Å². The maximum Gasteiger partial charge on any atom is 0.134 e. The van der Waals surface area contributed by atoms with Gasteiger partial charge in [0, 0.05) is 39.7 Å². The molecule has 0 unspecified atom stereocenters. The van der Waals surface area contributed by atoms with Crippen molar-refractivity contribution in [3.8, 4) is 0 Å². The summed E-state index contributed by atoms with van der Waals surface area (Å²) >= 11 is 0.